The van der Waals surface area contributed by atoms with Crippen LogP contribution in [0, 0.1) is 17.2 Å². The maximum absolute atomic E-state index is 11.6. The lowest BCUT2D eigenvalue weighted by Gasteiger charge is -2.25. The number of nitriles is 1. The number of benzene rings is 1. The fourth-order valence-electron chi connectivity index (χ4n) is 1.41. The van der Waals surface area contributed by atoms with Crippen LogP contribution in [0.5, 0.6) is 0 Å². The maximum Gasteiger partial charge on any atom is 0.230 e. The molecule has 2 N–H and O–H groups in total. The predicted octanol–water partition coefficient (Wildman–Crippen LogP) is 1.37. The fourth-order valence-corrected chi connectivity index (χ4v) is 1.57. The number of carbonyl (C=O) groups excluding carboxylic acids is 1. The van der Waals surface area contributed by atoms with Crippen molar-refractivity contribution in [2.45, 2.75) is 0 Å². The molecule has 2 rings (SSSR count). The molecule has 1 fully saturated rings. The Hall–Kier alpha value is -1.57. The Labute approximate surface area is 98.2 Å². The highest BCUT2D eigenvalue weighted by Gasteiger charge is 2.24. The van der Waals surface area contributed by atoms with Gasteiger partial charge >= 0.3 is 0 Å². The van der Waals surface area contributed by atoms with Crippen LogP contribution in [-0.4, -0.2) is 19.0 Å². The normalized spacial score (nSPS) is 15.0. The van der Waals surface area contributed by atoms with Crippen LogP contribution in [0.3, 0.4) is 0 Å². The fraction of sp³-hybridized carbons (Fsp3) is 0.273. The van der Waals surface area contributed by atoms with Crippen molar-refractivity contribution in [3.63, 3.8) is 0 Å². The van der Waals surface area contributed by atoms with Crippen LogP contribution in [0.25, 0.3) is 0 Å². The minimum absolute atomic E-state index is 0.0232. The summed E-state index contributed by atoms with van der Waals surface area (Å²) in [7, 11) is 0. The summed E-state index contributed by atoms with van der Waals surface area (Å²) in [6.07, 6.45) is 0. The van der Waals surface area contributed by atoms with E-state index in [1.54, 1.807) is 18.2 Å². The minimum Gasteiger partial charge on any atom is -0.326 e. The van der Waals surface area contributed by atoms with Crippen molar-refractivity contribution in [3.05, 3.63) is 28.8 Å². The van der Waals surface area contributed by atoms with Gasteiger partial charge in [0, 0.05) is 18.8 Å². The molecule has 0 bridgehead atoms. The van der Waals surface area contributed by atoms with E-state index in [1.165, 1.54) is 0 Å². The van der Waals surface area contributed by atoms with Gasteiger partial charge in [-0.3, -0.25) is 4.79 Å². The summed E-state index contributed by atoms with van der Waals surface area (Å²) >= 11 is 5.79. The Balaban J connectivity index is 2.09. The van der Waals surface area contributed by atoms with E-state index in [4.69, 9.17) is 16.9 Å². The molecule has 0 radical (unpaired) electrons. The number of nitrogens with one attached hydrogen (secondary N) is 2. The van der Waals surface area contributed by atoms with Crippen molar-refractivity contribution in [2.24, 2.45) is 5.92 Å². The molecule has 16 heavy (non-hydrogen) atoms. The van der Waals surface area contributed by atoms with Crippen LogP contribution in [0.4, 0.5) is 5.69 Å². The van der Waals surface area contributed by atoms with Gasteiger partial charge in [-0.05, 0) is 18.2 Å². The van der Waals surface area contributed by atoms with Gasteiger partial charge in [-0.2, -0.15) is 5.26 Å². The minimum atomic E-state index is -0.0232. The molecule has 1 aromatic rings. The predicted molar refractivity (Wildman–Crippen MR) is 61.2 cm³/mol. The lowest BCUT2D eigenvalue weighted by Crippen LogP contribution is -2.48. The van der Waals surface area contributed by atoms with E-state index < -0.39 is 0 Å². The third-order valence-corrected chi connectivity index (χ3v) is 2.84. The molecular formula is C11H10ClN3O. The van der Waals surface area contributed by atoms with Crippen molar-refractivity contribution < 1.29 is 4.79 Å². The van der Waals surface area contributed by atoms with Crippen molar-refractivity contribution in [3.8, 4) is 6.07 Å². The number of rotatable bonds is 2. The molecule has 0 atom stereocenters. The van der Waals surface area contributed by atoms with Crippen molar-refractivity contribution >= 4 is 23.2 Å². The van der Waals surface area contributed by atoms with E-state index in [0.29, 0.717) is 29.4 Å². The first-order chi connectivity index (χ1) is 7.70. The molecule has 5 heteroatoms. The smallest absolute Gasteiger partial charge is 0.230 e. The van der Waals surface area contributed by atoms with Gasteiger partial charge in [0.15, 0.2) is 0 Å². The molecule has 4 nitrogen and oxygen atoms in total. The Morgan fingerprint density at radius 2 is 2.31 bits per heavy atom. The number of nitrogens with zero attached hydrogens (tertiary/aromatic N) is 1. The van der Waals surface area contributed by atoms with E-state index in [-0.39, 0.29) is 11.8 Å². The molecule has 1 aromatic carbocycles. The third-order valence-electron chi connectivity index (χ3n) is 2.51. The molecular weight excluding hydrogens is 226 g/mol. The van der Waals surface area contributed by atoms with Gasteiger partial charge < -0.3 is 10.6 Å². The summed E-state index contributed by atoms with van der Waals surface area (Å²) in [5.74, 6) is 0.00572. The highest BCUT2D eigenvalue weighted by molar-refractivity contribution is 6.31. The van der Waals surface area contributed by atoms with Crippen molar-refractivity contribution in [2.75, 3.05) is 18.4 Å². The van der Waals surface area contributed by atoms with Crippen LogP contribution in [-0.2, 0) is 4.79 Å². The molecule has 0 saturated carbocycles. The molecule has 0 aliphatic carbocycles. The van der Waals surface area contributed by atoms with E-state index >= 15 is 0 Å². The average Bonchev–Trinajstić information content (AvgIpc) is 2.18. The number of hydrogen-bond acceptors (Lipinski definition) is 3. The molecule has 0 aromatic heterocycles. The monoisotopic (exact) mass is 235 g/mol. The SMILES string of the molecule is N#Cc1cc(NC(=O)C2CNC2)ccc1Cl. The Morgan fingerprint density at radius 1 is 1.56 bits per heavy atom. The first kappa shape index (κ1) is 10.9. The lowest BCUT2D eigenvalue weighted by atomic mass is 10.0. The van der Waals surface area contributed by atoms with E-state index in [0.717, 1.165) is 0 Å². The van der Waals surface area contributed by atoms with Crippen molar-refractivity contribution in [1.29, 1.82) is 5.26 Å². The van der Waals surface area contributed by atoms with Crippen LogP contribution < -0.4 is 10.6 Å². The summed E-state index contributed by atoms with van der Waals surface area (Å²) in [5.41, 5.74) is 0.976. The molecule has 1 amide bonds. The zero-order valence-corrected chi connectivity index (χ0v) is 9.21. The van der Waals surface area contributed by atoms with E-state index in [2.05, 4.69) is 10.6 Å². The van der Waals surface area contributed by atoms with Crippen LogP contribution in [0.2, 0.25) is 5.02 Å². The van der Waals surface area contributed by atoms with E-state index in [9.17, 15) is 4.79 Å². The topological polar surface area (TPSA) is 64.9 Å². The number of hydrogen-bond donors (Lipinski definition) is 2. The third kappa shape index (κ3) is 2.16. The van der Waals surface area contributed by atoms with Crippen molar-refractivity contribution in [1.82, 2.24) is 5.32 Å². The summed E-state index contributed by atoms with van der Waals surface area (Å²) in [4.78, 5) is 11.6. The van der Waals surface area contributed by atoms with Gasteiger partial charge in [0.05, 0.1) is 16.5 Å². The maximum atomic E-state index is 11.6. The Morgan fingerprint density at radius 3 is 2.88 bits per heavy atom. The second-order valence-electron chi connectivity index (χ2n) is 3.65. The van der Waals surface area contributed by atoms with Crippen LogP contribution >= 0.6 is 11.6 Å². The van der Waals surface area contributed by atoms with Crippen LogP contribution in [0.15, 0.2) is 18.2 Å². The number of carbonyl (C=O) groups is 1. The van der Waals surface area contributed by atoms with Gasteiger partial charge in [-0.15, -0.1) is 0 Å². The highest BCUT2D eigenvalue weighted by atomic mass is 35.5. The highest BCUT2D eigenvalue weighted by Crippen LogP contribution is 2.20. The number of halogens is 1. The first-order valence-corrected chi connectivity index (χ1v) is 5.29. The molecule has 1 saturated heterocycles. The van der Waals surface area contributed by atoms with Gasteiger partial charge in [-0.25, -0.2) is 0 Å². The second-order valence-corrected chi connectivity index (χ2v) is 4.06. The first-order valence-electron chi connectivity index (χ1n) is 4.92. The summed E-state index contributed by atoms with van der Waals surface area (Å²) in [5, 5.41) is 15.0. The molecule has 1 aliphatic heterocycles. The molecule has 0 unspecified atom stereocenters. The molecule has 1 aliphatic rings. The van der Waals surface area contributed by atoms with Gasteiger partial charge in [0.25, 0.3) is 0 Å². The van der Waals surface area contributed by atoms with E-state index in [1.807, 2.05) is 6.07 Å². The summed E-state index contributed by atoms with van der Waals surface area (Å²) in [6, 6.07) is 6.84. The quantitative estimate of drug-likeness (QED) is 0.814. The second kappa shape index (κ2) is 4.52. The summed E-state index contributed by atoms with van der Waals surface area (Å²) < 4.78 is 0. The average molecular weight is 236 g/mol. The van der Waals surface area contributed by atoms with Gasteiger partial charge in [0.2, 0.25) is 5.91 Å². The number of anilines is 1. The van der Waals surface area contributed by atoms with Crippen LogP contribution in [0.1, 0.15) is 5.56 Å². The van der Waals surface area contributed by atoms with Gasteiger partial charge in [-0.1, -0.05) is 11.6 Å². The molecule has 82 valence electrons. The standard InChI is InChI=1S/C11H10ClN3O/c12-10-2-1-9(3-7(10)4-13)15-11(16)8-5-14-6-8/h1-3,8,14H,5-6H2,(H,15,16). The molecule has 0 spiro atoms. The summed E-state index contributed by atoms with van der Waals surface area (Å²) in [6.45, 7) is 1.43. The molecule has 1 heterocycles. The zero-order valence-electron chi connectivity index (χ0n) is 8.46. The zero-order chi connectivity index (χ0) is 11.5. The Bertz CT molecular complexity index is 463. The largest absolute Gasteiger partial charge is 0.326 e. The Kier molecular flexibility index (Phi) is 3.09. The van der Waals surface area contributed by atoms with Gasteiger partial charge in [0.1, 0.15) is 6.07 Å². The number of amides is 1. The lowest BCUT2D eigenvalue weighted by molar-refractivity contribution is -0.121.